The number of nitrogens with one attached hydrogen (secondary N) is 1. The Bertz CT molecular complexity index is 1260. The molecule has 4 aromatic rings. The summed E-state index contributed by atoms with van der Waals surface area (Å²) in [6.45, 7) is -0.262. The van der Waals surface area contributed by atoms with Crippen molar-refractivity contribution in [3.05, 3.63) is 72.4 Å². The summed E-state index contributed by atoms with van der Waals surface area (Å²) in [7, 11) is 1.52. The first-order chi connectivity index (χ1) is 14.7. The first-order valence-electron chi connectivity index (χ1n) is 9.09. The molecule has 2 aromatic carbocycles. The Labute approximate surface area is 172 Å². The van der Waals surface area contributed by atoms with Crippen molar-refractivity contribution >= 4 is 22.6 Å². The molecule has 0 saturated carbocycles. The maximum absolute atomic E-state index is 12.5. The van der Waals surface area contributed by atoms with Gasteiger partial charge in [0, 0.05) is 5.39 Å². The second kappa shape index (κ2) is 8.32. The zero-order valence-electron chi connectivity index (χ0n) is 16.1. The lowest BCUT2D eigenvalue weighted by Gasteiger charge is -2.12. The third-order valence-electron chi connectivity index (χ3n) is 4.38. The molecule has 0 atom stereocenters. The van der Waals surface area contributed by atoms with Gasteiger partial charge in [-0.15, -0.1) is 0 Å². The van der Waals surface area contributed by atoms with Crippen LogP contribution < -0.4 is 14.8 Å². The quantitative estimate of drug-likeness (QED) is 0.534. The number of pyridine rings is 1. The van der Waals surface area contributed by atoms with Gasteiger partial charge in [0.15, 0.2) is 29.7 Å². The highest BCUT2D eigenvalue weighted by Gasteiger charge is 2.17. The van der Waals surface area contributed by atoms with Crippen molar-refractivity contribution in [3.8, 4) is 23.4 Å². The lowest BCUT2D eigenvalue weighted by Crippen LogP contribution is -2.22. The molecule has 8 heteroatoms. The van der Waals surface area contributed by atoms with Gasteiger partial charge >= 0.3 is 0 Å². The van der Waals surface area contributed by atoms with Gasteiger partial charge in [0.2, 0.25) is 0 Å². The number of carbonyl (C=O) groups excluding carboxylic acids is 1. The molecule has 0 fully saturated rings. The summed E-state index contributed by atoms with van der Waals surface area (Å²) in [5.41, 5.74) is 0.997. The zero-order chi connectivity index (χ0) is 20.9. The molecular formula is C22H17N5O3. The van der Waals surface area contributed by atoms with Crippen molar-refractivity contribution in [2.24, 2.45) is 0 Å². The summed E-state index contributed by atoms with van der Waals surface area (Å²) in [6.07, 6.45) is 1.38. The first-order valence-corrected chi connectivity index (χ1v) is 9.09. The van der Waals surface area contributed by atoms with Gasteiger partial charge in [-0.2, -0.15) is 15.0 Å². The Kier molecular flexibility index (Phi) is 5.26. The summed E-state index contributed by atoms with van der Waals surface area (Å²) < 4.78 is 12.2. The number of para-hydroxylation sites is 3. The summed E-state index contributed by atoms with van der Waals surface area (Å²) in [5, 5.41) is 17.3. The molecule has 2 heterocycles. The fourth-order valence-corrected chi connectivity index (χ4v) is 2.95. The third-order valence-corrected chi connectivity index (χ3v) is 4.38. The van der Waals surface area contributed by atoms with E-state index >= 15 is 0 Å². The van der Waals surface area contributed by atoms with E-state index in [0.29, 0.717) is 17.3 Å². The Morgan fingerprint density at radius 2 is 1.87 bits per heavy atom. The predicted octanol–water partition coefficient (Wildman–Crippen LogP) is 3.32. The van der Waals surface area contributed by atoms with Gasteiger partial charge in [0.05, 0.1) is 18.8 Å². The number of methoxy groups -OCH3 is 1. The summed E-state index contributed by atoms with van der Waals surface area (Å²) in [5.74, 6) is 1.23. The minimum Gasteiger partial charge on any atom is -0.493 e. The number of anilines is 1. The molecule has 0 radical (unpaired) electrons. The SMILES string of the molecule is COc1ccccc1OCC(=O)Nc1c(C#N)cnn1-c1ccc2ccccc2n1. The molecule has 0 aliphatic heterocycles. The van der Waals surface area contributed by atoms with E-state index in [2.05, 4.69) is 15.4 Å². The van der Waals surface area contributed by atoms with Crippen LogP contribution in [0.25, 0.3) is 16.7 Å². The van der Waals surface area contributed by atoms with E-state index in [1.165, 1.54) is 18.0 Å². The maximum Gasteiger partial charge on any atom is 0.263 e. The van der Waals surface area contributed by atoms with Gasteiger partial charge in [-0.25, -0.2) is 4.98 Å². The normalized spacial score (nSPS) is 10.4. The van der Waals surface area contributed by atoms with Crippen molar-refractivity contribution in [1.82, 2.24) is 14.8 Å². The van der Waals surface area contributed by atoms with Gasteiger partial charge in [0.25, 0.3) is 5.91 Å². The van der Waals surface area contributed by atoms with E-state index in [0.717, 1.165) is 10.9 Å². The second-order valence-corrected chi connectivity index (χ2v) is 6.28. The van der Waals surface area contributed by atoms with Gasteiger partial charge in [-0.05, 0) is 30.3 Å². The van der Waals surface area contributed by atoms with E-state index in [1.54, 1.807) is 30.3 Å². The van der Waals surface area contributed by atoms with Crippen LogP contribution in [0.15, 0.2) is 66.9 Å². The third kappa shape index (κ3) is 3.77. The highest BCUT2D eigenvalue weighted by Crippen LogP contribution is 2.26. The maximum atomic E-state index is 12.5. The number of hydrogen-bond acceptors (Lipinski definition) is 6. The molecule has 0 spiro atoms. The van der Waals surface area contributed by atoms with Crippen LogP contribution >= 0.6 is 0 Å². The fraction of sp³-hybridized carbons (Fsp3) is 0.0909. The van der Waals surface area contributed by atoms with Crippen LogP contribution in [-0.4, -0.2) is 34.4 Å². The Morgan fingerprint density at radius 1 is 1.10 bits per heavy atom. The molecule has 148 valence electrons. The second-order valence-electron chi connectivity index (χ2n) is 6.28. The molecule has 0 saturated heterocycles. The standard InChI is InChI=1S/C22H17N5O3/c1-29-18-8-4-5-9-19(18)30-14-21(28)26-22-16(12-23)13-24-27(22)20-11-10-15-6-2-3-7-17(15)25-20/h2-11,13H,14H2,1H3,(H,26,28). The van der Waals surface area contributed by atoms with Crippen molar-refractivity contribution in [1.29, 1.82) is 5.26 Å². The van der Waals surface area contributed by atoms with Crippen LogP contribution in [0.4, 0.5) is 5.82 Å². The molecular weight excluding hydrogens is 382 g/mol. The Morgan fingerprint density at radius 3 is 2.67 bits per heavy atom. The van der Waals surface area contributed by atoms with Crippen LogP contribution in [0.2, 0.25) is 0 Å². The van der Waals surface area contributed by atoms with Crippen LogP contribution in [0.3, 0.4) is 0 Å². The Balaban J connectivity index is 1.57. The van der Waals surface area contributed by atoms with Gasteiger partial charge in [-0.1, -0.05) is 30.3 Å². The topological polar surface area (TPSA) is 102 Å². The molecule has 1 amide bonds. The average molecular weight is 399 g/mol. The van der Waals surface area contributed by atoms with Crippen LogP contribution in [-0.2, 0) is 4.79 Å². The van der Waals surface area contributed by atoms with Crippen molar-refractivity contribution < 1.29 is 14.3 Å². The number of hydrogen-bond donors (Lipinski definition) is 1. The zero-order valence-corrected chi connectivity index (χ0v) is 16.1. The van der Waals surface area contributed by atoms with Gasteiger partial charge < -0.3 is 14.8 Å². The number of nitriles is 1. The van der Waals surface area contributed by atoms with Gasteiger partial charge in [0.1, 0.15) is 11.6 Å². The lowest BCUT2D eigenvalue weighted by molar-refractivity contribution is -0.118. The minimum absolute atomic E-state index is 0.218. The number of benzene rings is 2. The lowest BCUT2D eigenvalue weighted by atomic mass is 10.2. The number of rotatable bonds is 6. The summed E-state index contributed by atoms with van der Waals surface area (Å²) in [6, 6.07) is 20.4. The largest absolute Gasteiger partial charge is 0.493 e. The molecule has 4 rings (SSSR count). The van der Waals surface area contributed by atoms with Gasteiger partial charge in [-0.3, -0.25) is 4.79 Å². The molecule has 0 aliphatic rings. The average Bonchev–Trinajstić information content (AvgIpc) is 3.19. The summed E-state index contributed by atoms with van der Waals surface area (Å²) >= 11 is 0. The molecule has 30 heavy (non-hydrogen) atoms. The van der Waals surface area contributed by atoms with E-state index in [9.17, 15) is 10.1 Å². The van der Waals surface area contributed by atoms with Crippen molar-refractivity contribution in [2.45, 2.75) is 0 Å². The highest BCUT2D eigenvalue weighted by atomic mass is 16.5. The smallest absolute Gasteiger partial charge is 0.263 e. The molecule has 0 bridgehead atoms. The van der Waals surface area contributed by atoms with Crippen molar-refractivity contribution in [2.75, 3.05) is 19.0 Å². The number of amides is 1. The predicted molar refractivity (Wildman–Crippen MR) is 111 cm³/mol. The van der Waals surface area contributed by atoms with E-state index < -0.39 is 5.91 Å². The van der Waals surface area contributed by atoms with E-state index in [-0.39, 0.29) is 18.0 Å². The molecule has 0 aliphatic carbocycles. The molecule has 2 aromatic heterocycles. The van der Waals surface area contributed by atoms with Crippen LogP contribution in [0.1, 0.15) is 5.56 Å². The number of ether oxygens (including phenoxy) is 2. The molecule has 8 nitrogen and oxygen atoms in total. The summed E-state index contributed by atoms with van der Waals surface area (Å²) in [4.78, 5) is 17.1. The minimum atomic E-state index is -0.444. The molecule has 1 N–H and O–H groups in total. The highest BCUT2D eigenvalue weighted by molar-refractivity contribution is 5.92. The number of carbonyl (C=O) groups is 1. The monoisotopic (exact) mass is 399 g/mol. The van der Waals surface area contributed by atoms with Crippen molar-refractivity contribution in [3.63, 3.8) is 0 Å². The van der Waals surface area contributed by atoms with E-state index in [1.807, 2.05) is 36.4 Å². The number of nitrogens with zero attached hydrogens (tertiary/aromatic N) is 4. The number of fused-ring (bicyclic) bond motifs is 1. The van der Waals surface area contributed by atoms with Crippen LogP contribution in [0, 0.1) is 11.3 Å². The molecule has 0 unspecified atom stereocenters. The Hall–Kier alpha value is -4.38. The van der Waals surface area contributed by atoms with Crippen LogP contribution in [0.5, 0.6) is 11.5 Å². The number of aromatic nitrogens is 3. The first kappa shape index (κ1) is 19.0. The van der Waals surface area contributed by atoms with E-state index in [4.69, 9.17) is 9.47 Å². The fourth-order valence-electron chi connectivity index (χ4n) is 2.95.